The maximum Gasteiger partial charge on any atom is 0.246 e. The normalized spacial score (nSPS) is 18.1. The maximum atomic E-state index is 12.8. The van der Waals surface area contributed by atoms with Crippen molar-refractivity contribution in [3.8, 4) is 0 Å². The molecule has 0 spiro atoms. The molecule has 1 aliphatic rings. The predicted octanol–water partition coefficient (Wildman–Crippen LogP) is 1.25. The van der Waals surface area contributed by atoms with Crippen LogP contribution in [-0.4, -0.2) is 37.2 Å². The Balaban J connectivity index is 1.71. The van der Waals surface area contributed by atoms with Crippen molar-refractivity contribution in [1.29, 1.82) is 0 Å². The van der Waals surface area contributed by atoms with Crippen molar-refractivity contribution in [2.24, 2.45) is 0 Å². The largest absolute Gasteiger partial charge is 0.363 e. The van der Waals surface area contributed by atoms with Gasteiger partial charge in [-0.1, -0.05) is 12.1 Å². The van der Waals surface area contributed by atoms with Gasteiger partial charge in [0.2, 0.25) is 5.91 Å². The Morgan fingerprint density at radius 3 is 2.65 bits per heavy atom. The second kappa shape index (κ2) is 6.33. The average Bonchev–Trinajstić information content (AvgIpc) is 2.37. The summed E-state index contributed by atoms with van der Waals surface area (Å²) in [5.41, 5.74) is 0.785. The van der Waals surface area contributed by atoms with E-state index in [2.05, 4.69) is 10.6 Å². The highest BCUT2D eigenvalue weighted by Crippen LogP contribution is 2.14. The molecule has 1 aromatic carbocycles. The molecule has 2 N–H and O–H groups in total. The molecule has 0 aliphatic carbocycles. The quantitative estimate of drug-likeness (QED) is 0.824. The minimum atomic E-state index is -0.249. The lowest BCUT2D eigenvalue weighted by molar-refractivity contribution is -0.136. The van der Waals surface area contributed by atoms with E-state index in [0.717, 1.165) is 18.7 Å². The number of halogens is 1. The molecule has 1 aliphatic heterocycles. The maximum absolute atomic E-state index is 12.8. The minimum Gasteiger partial charge on any atom is -0.363 e. The molecule has 2 rings (SSSR count). The molecular weight excluding hydrogens is 259 g/mol. The second-order valence-corrected chi connectivity index (χ2v) is 5.64. The molecule has 4 nitrogen and oxygen atoms in total. The van der Waals surface area contributed by atoms with E-state index in [-0.39, 0.29) is 30.0 Å². The first-order chi connectivity index (χ1) is 9.47. The number of carbonyl (C=O) groups is 1. The third kappa shape index (κ3) is 4.28. The Morgan fingerprint density at radius 1 is 1.45 bits per heavy atom. The van der Waals surface area contributed by atoms with Crippen LogP contribution in [0.1, 0.15) is 19.4 Å². The lowest BCUT2D eigenvalue weighted by Gasteiger charge is -2.38. The van der Waals surface area contributed by atoms with Gasteiger partial charge in [-0.3, -0.25) is 4.79 Å². The highest BCUT2D eigenvalue weighted by atomic mass is 19.1. The number of rotatable bonds is 6. The summed E-state index contributed by atoms with van der Waals surface area (Å²) in [6.45, 7) is 5.55. The van der Waals surface area contributed by atoms with Gasteiger partial charge in [0.15, 0.2) is 0 Å². The lowest BCUT2D eigenvalue weighted by Crippen LogP contribution is -2.59. The Bertz CT molecular complexity index is 457. The number of nitrogens with one attached hydrogen (secondary N) is 2. The van der Waals surface area contributed by atoms with Crippen LogP contribution >= 0.6 is 0 Å². The molecular formula is C15H21FN2O2. The van der Waals surface area contributed by atoms with Gasteiger partial charge < -0.3 is 15.4 Å². The molecule has 5 heteroatoms. The summed E-state index contributed by atoms with van der Waals surface area (Å²) >= 11 is 0. The molecule has 1 heterocycles. The monoisotopic (exact) mass is 280 g/mol. The third-order valence-corrected chi connectivity index (χ3v) is 3.41. The fourth-order valence-electron chi connectivity index (χ4n) is 2.16. The summed E-state index contributed by atoms with van der Waals surface area (Å²) in [5, 5.41) is 6.00. The molecule has 20 heavy (non-hydrogen) atoms. The van der Waals surface area contributed by atoms with Crippen LogP contribution in [0, 0.1) is 5.82 Å². The van der Waals surface area contributed by atoms with E-state index < -0.39 is 0 Å². The predicted molar refractivity (Wildman–Crippen MR) is 74.9 cm³/mol. The van der Waals surface area contributed by atoms with Gasteiger partial charge in [-0.2, -0.15) is 0 Å². The molecule has 1 fully saturated rings. The first-order valence-electron chi connectivity index (χ1n) is 6.85. The Hall–Kier alpha value is -1.46. The van der Waals surface area contributed by atoms with Gasteiger partial charge in [0.25, 0.3) is 0 Å². The van der Waals surface area contributed by atoms with E-state index in [9.17, 15) is 9.18 Å². The molecule has 1 aromatic rings. The second-order valence-electron chi connectivity index (χ2n) is 5.64. The van der Waals surface area contributed by atoms with Crippen LogP contribution in [0.3, 0.4) is 0 Å². The molecule has 1 atom stereocenters. The number of amides is 1. The first-order valence-corrected chi connectivity index (χ1v) is 6.85. The summed E-state index contributed by atoms with van der Waals surface area (Å²) in [4.78, 5) is 11.8. The lowest BCUT2D eigenvalue weighted by atomic mass is 10.0. The fraction of sp³-hybridized carbons (Fsp3) is 0.533. The van der Waals surface area contributed by atoms with E-state index in [1.54, 1.807) is 12.1 Å². The number of carbonyl (C=O) groups excluding carboxylic acids is 1. The van der Waals surface area contributed by atoms with Crippen LogP contribution in [0.5, 0.6) is 0 Å². The van der Waals surface area contributed by atoms with Gasteiger partial charge in [0.1, 0.15) is 12.4 Å². The standard InChI is InChI=1S/C15H21FN2O2/c1-11(7-12-3-5-13(16)6-4-12)18-14(19)8-20-15(2)9-17-10-15/h3-6,11,17H,7-10H2,1-2H3,(H,18,19). The summed E-state index contributed by atoms with van der Waals surface area (Å²) in [5.74, 6) is -0.367. The van der Waals surface area contributed by atoms with Gasteiger partial charge in [-0.15, -0.1) is 0 Å². The van der Waals surface area contributed by atoms with Crippen LogP contribution in [0.15, 0.2) is 24.3 Å². The Morgan fingerprint density at radius 2 is 2.10 bits per heavy atom. The highest BCUT2D eigenvalue weighted by molar-refractivity contribution is 5.77. The smallest absolute Gasteiger partial charge is 0.246 e. The molecule has 0 radical (unpaired) electrons. The third-order valence-electron chi connectivity index (χ3n) is 3.41. The summed E-state index contributed by atoms with van der Waals surface area (Å²) in [7, 11) is 0. The molecule has 0 bridgehead atoms. The Labute approximate surface area is 118 Å². The number of benzene rings is 1. The van der Waals surface area contributed by atoms with E-state index in [1.165, 1.54) is 12.1 Å². The molecule has 0 aromatic heterocycles. The summed E-state index contributed by atoms with van der Waals surface area (Å²) in [6.07, 6.45) is 0.671. The van der Waals surface area contributed by atoms with E-state index in [4.69, 9.17) is 4.74 Å². The zero-order valence-corrected chi connectivity index (χ0v) is 11.9. The molecule has 1 unspecified atom stereocenters. The molecule has 1 saturated heterocycles. The van der Waals surface area contributed by atoms with Crippen molar-refractivity contribution >= 4 is 5.91 Å². The zero-order chi connectivity index (χ0) is 14.6. The summed E-state index contributed by atoms with van der Waals surface area (Å²) in [6, 6.07) is 6.31. The highest BCUT2D eigenvalue weighted by Gasteiger charge is 2.33. The van der Waals surface area contributed by atoms with Gasteiger partial charge >= 0.3 is 0 Å². The Kier molecular flexibility index (Phi) is 4.73. The summed E-state index contributed by atoms with van der Waals surface area (Å²) < 4.78 is 18.4. The van der Waals surface area contributed by atoms with Gasteiger partial charge in [-0.05, 0) is 38.0 Å². The van der Waals surface area contributed by atoms with Gasteiger partial charge in [0.05, 0.1) is 5.60 Å². The fourth-order valence-corrected chi connectivity index (χ4v) is 2.16. The molecule has 1 amide bonds. The first kappa shape index (κ1) is 14.9. The van der Waals surface area contributed by atoms with Crippen LogP contribution in [0.2, 0.25) is 0 Å². The topological polar surface area (TPSA) is 50.4 Å². The minimum absolute atomic E-state index is 0.0103. The number of hydrogen-bond donors (Lipinski definition) is 2. The van der Waals surface area contributed by atoms with Crippen molar-refractivity contribution < 1.29 is 13.9 Å². The van der Waals surface area contributed by atoms with Crippen molar-refractivity contribution in [2.75, 3.05) is 19.7 Å². The van der Waals surface area contributed by atoms with Crippen LogP contribution in [-0.2, 0) is 16.0 Å². The van der Waals surface area contributed by atoms with E-state index in [1.807, 2.05) is 13.8 Å². The van der Waals surface area contributed by atoms with Gasteiger partial charge in [-0.25, -0.2) is 4.39 Å². The van der Waals surface area contributed by atoms with Crippen molar-refractivity contribution in [3.05, 3.63) is 35.6 Å². The molecule has 0 saturated carbocycles. The van der Waals surface area contributed by atoms with Gasteiger partial charge in [0, 0.05) is 19.1 Å². The van der Waals surface area contributed by atoms with E-state index in [0.29, 0.717) is 6.42 Å². The van der Waals surface area contributed by atoms with Crippen LogP contribution in [0.4, 0.5) is 4.39 Å². The van der Waals surface area contributed by atoms with E-state index >= 15 is 0 Å². The van der Waals surface area contributed by atoms with Crippen molar-refractivity contribution in [2.45, 2.75) is 31.9 Å². The molecule has 110 valence electrons. The van der Waals surface area contributed by atoms with Crippen LogP contribution < -0.4 is 10.6 Å². The van der Waals surface area contributed by atoms with Crippen molar-refractivity contribution in [1.82, 2.24) is 10.6 Å². The average molecular weight is 280 g/mol. The van der Waals surface area contributed by atoms with Crippen molar-refractivity contribution in [3.63, 3.8) is 0 Å². The number of hydrogen-bond acceptors (Lipinski definition) is 3. The zero-order valence-electron chi connectivity index (χ0n) is 11.9. The van der Waals surface area contributed by atoms with Crippen LogP contribution in [0.25, 0.3) is 0 Å². The number of ether oxygens (including phenoxy) is 1. The SMILES string of the molecule is CC(Cc1ccc(F)cc1)NC(=O)COC1(C)CNC1.